The number of hydrogen-bond acceptors (Lipinski definition) is 8. The SMILES string of the molecule is COc1ccc(N(CC(=O)N/N=C/c2cc(C)n(-c3cccc(C)c3)c2C)S(=O)(=O)c2ccccc2[N+](=O)[O-])c(OC)c1. The first-order valence-corrected chi connectivity index (χ1v) is 14.5. The number of benzene rings is 3. The highest BCUT2D eigenvalue weighted by molar-refractivity contribution is 7.93. The number of aryl methyl sites for hydroxylation is 2. The molecule has 4 rings (SSSR count). The highest BCUT2D eigenvalue weighted by atomic mass is 32.2. The van der Waals surface area contributed by atoms with Gasteiger partial charge in [-0.2, -0.15) is 5.10 Å². The van der Waals surface area contributed by atoms with Crippen LogP contribution in [0.4, 0.5) is 11.4 Å². The van der Waals surface area contributed by atoms with Crippen LogP contribution in [0, 0.1) is 30.9 Å². The molecule has 1 N–H and O–H groups in total. The van der Waals surface area contributed by atoms with Crippen LogP contribution in [0.1, 0.15) is 22.5 Å². The lowest BCUT2D eigenvalue weighted by molar-refractivity contribution is -0.387. The van der Waals surface area contributed by atoms with Gasteiger partial charge in [-0.3, -0.25) is 19.2 Å². The number of sulfonamides is 1. The van der Waals surface area contributed by atoms with Crippen molar-refractivity contribution in [1.29, 1.82) is 0 Å². The lowest BCUT2D eigenvalue weighted by Crippen LogP contribution is -2.40. The van der Waals surface area contributed by atoms with E-state index >= 15 is 0 Å². The second-order valence-corrected chi connectivity index (χ2v) is 11.4. The summed E-state index contributed by atoms with van der Waals surface area (Å²) in [6.07, 6.45) is 1.47. The number of ether oxygens (including phenoxy) is 2. The second-order valence-electron chi connectivity index (χ2n) is 9.57. The largest absolute Gasteiger partial charge is 0.497 e. The fourth-order valence-electron chi connectivity index (χ4n) is 4.66. The number of nitrogens with zero attached hydrogens (tertiary/aromatic N) is 4. The summed E-state index contributed by atoms with van der Waals surface area (Å²) in [6, 6.07) is 19.2. The molecule has 0 atom stereocenters. The van der Waals surface area contributed by atoms with Crippen LogP contribution in [0.3, 0.4) is 0 Å². The Morgan fingerprint density at radius 2 is 1.77 bits per heavy atom. The first-order chi connectivity index (χ1) is 20.5. The minimum atomic E-state index is -4.64. The molecule has 3 aromatic carbocycles. The van der Waals surface area contributed by atoms with E-state index in [-0.39, 0.29) is 11.4 Å². The Bertz CT molecular complexity index is 1820. The predicted molar refractivity (Wildman–Crippen MR) is 163 cm³/mol. The van der Waals surface area contributed by atoms with Crippen LogP contribution in [-0.2, 0) is 14.8 Å². The van der Waals surface area contributed by atoms with Crippen LogP contribution in [0.15, 0.2) is 82.8 Å². The monoisotopic (exact) mass is 605 g/mol. The van der Waals surface area contributed by atoms with Crippen LogP contribution in [0.2, 0.25) is 0 Å². The van der Waals surface area contributed by atoms with E-state index in [1.165, 1.54) is 50.8 Å². The molecule has 43 heavy (non-hydrogen) atoms. The number of amides is 1. The number of para-hydroxylation sites is 1. The molecule has 0 saturated heterocycles. The number of nitro groups is 1. The zero-order valence-corrected chi connectivity index (χ0v) is 25.1. The first kappa shape index (κ1) is 30.8. The number of rotatable bonds is 11. The molecule has 0 saturated carbocycles. The number of carbonyl (C=O) groups is 1. The number of methoxy groups -OCH3 is 2. The predicted octanol–water partition coefficient (Wildman–Crippen LogP) is 4.67. The molecule has 1 aromatic heterocycles. The van der Waals surface area contributed by atoms with Crippen molar-refractivity contribution in [2.24, 2.45) is 5.10 Å². The van der Waals surface area contributed by atoms with Crippen molar-refractivity contribution in [1.82, 2.24) is 9.99 Å². The van der Waals surface area contributed by atoms with E-state index in [1.807, 2.05) is 45.0 Å². The average Bonchev–Trinajstić information content (AvgIpc) is 3.27. The molecule has 0 aliphatic carbocycles. The molecule has 224 valence electrons. The minimum absolute atomic E-state index is 0.0257. The quantitative estimate of drug-likeness (QED) is 0.149. The fourth-order valence-corrected chi connectivity index (χ4v) is 6.25. The topological polar surface area (TPSA) is 145 Å². The Morgan fingerprint density at radius 3 is 2.44 bits per heavy atom. The van der Waals surface area contributed by atoms with Gasteiger partial charge >= 0.3 is 0 Å². The van der Waals surface area contributed by atoms with Crippen molar-refractivity contribution < 1.29 is 27.6 Å². The number of nitrogens with one attached hydrogen (secondary N) is 1. The molecule has 1 amide bonds. The third-order valence-electron chi connectivity index (χ3n) is 6.70. The molecule has 1 heterocycles. The van der Waals surface area contributed by atoms with Gasteiger partial charge in [0, 0.05) is 34.8 Å². The molecular weight excluding hydrogens is 574 g/mol. The van der Waals surface area contributed by atoms with Gasteiger partial charge in [0.25, 0.3) is 21.6 Å². The number of anilines is 1. The Balaban J connectivity index is 1.66. The molecule has 12 nitrogen and oxygen atoms in total. The lowest BCUT2D eigenvalue weighted by Gasteiger charge is -2.25. The van der Waals surface area contributed by atoms with E-state index in [1.54, 1.807) is 0 Å². The fraction of sp³-hybridized carbons (Fsp3) is 0.200. The maximum absolute atomic E-state index is 13.9. The molecule has 0 radical (unpaired) electrons. The van der Waals surface area contributed by atoms with Gasteiger partial charge in [0.05, 0.1) is 31.0 Å². The van der Waals surface area contributed by atoms with Crippen LogP contribution in [0.25, 0.3) is 5.69 Å². The van der Waals surface area contributed by atoms with Gasteiger partial charge in [-0.1, -0.05) is 24.3 Å². The summed E-state index contributed by atoms with van der Waals surface area (Å²) in [5.74, 6) is -0.342. The van der Waals surface area contributed by atoms with Crippen molar-refractivity contribution in [2.45, 2.75) is 25.7 Å². The molecule has 0 aliphatic rings. The van der Waals surface area contributed by atoms with Crippen LogP contribution in [0.5, 0.6) is 11.5 Å². The van der Waals surface area contributed by atoms with E-state index in [4.69, 9.17) is 9.47 Å². The number of carbonyl (C=O) groups excluding carboxylic acids is 1. The normalized spacial score (nSPS) is 11.4. The molecule has 0 fully saturated rings. The van der Waals surface area contributed by atoms with Crippen molar-refractivity contribution in [3.05, 3.63) is 105 Å². The molecular formula is C30H31N5O7S. The Labute approximate surface area is 249 Å². The van der Waals surface area contributed by atoms with Crippen molar-refractivity contribution in [3.8, 4) is 17.2 Å². The van der Waals surface area contributed by atoms with E-state index < -0.39 is 38.0 Å². The third-order valence-corrected chi connectivity index (χ3v) is 8.50. The number of nitro benzene ring substituents is 1. The van der Waals surface area contributed by atoms with Gasteiger partial charge in [0.2, 0.25) is 0 Å². The number of aromatic nitrogens is 1. The molecule has 13 heteroatoms. The Hall–Kier alpha value is -5.17. The van der Waals surface area contributed by atoms with Gasteiger partial charge in [0.1, 0.15) is 18.0 Å². The van der Waals surface area contributed by atoms with Gasteiger partial charge in [-0.15, -0.1) is 0 Å². The zero-order chi connectivity index (χ0) is 31.3. The number of hydrogen-bond donors (Lipinski definition) is 1. The molecule has 0 spiro atoms. The summed E-state index contributed by atoms with van der Waals surface area (Å²) in [5.41, 5.74) is 6.42. The van der Waals surface area contributed by atoms with E-state index in [0.29, 0.717) is 5.75 Å². The first-order valence-electron chi connectivity index (χ1n) is 13.0. The van der Waals surface area contributed by atoms with Gasteiger partial charge < -0.3 is 14.0 Å². The maximum Gasteiger partial charge on any atom is 0.289 e. The van der Waals surface area contributed by atoms with E-state index in [0.717, 1.165) is 44.6 Å². The van der Waals surface area contributed by atoms with Gasteiger partial charge in [0.15, 0.2) is 4.90 Å². The minimum Gasteiger partial charge on any atom is -0.497 e. The molecule has 4 aromatic rings. The van der Waals surface area contributed by atoms with Crippen LogP contribution >= 0.6 is 0 Å². The average molecular weight is 606 g/mol. The summed E-state index contributed by atoms with van der Waals surface area (Å²) >= 11 is 0. The molecule has 0 bridgehead atoms. The summed E-state index contributed by atoms with van der Waals surface area (Å²) < 4.78 is 41.1. The summed E-state index contributed by atoms with van der Waals surface area (Å²) in [5, 5.41) is 15.7. The van der Waals surface area contributed by atoms with Crippen molar-refractivity contribution >= 4 is 33.5 Å². The zero-order valence-electron chi connectivity index (χ0n) is 24.3. The van der Waals surface area contributed by atoms with Crippen LogP contribution in [-0.4, -0.2) is 50.8 Å². The standard InChI is InChI=1S/C30H31N5O7S/c1-20-9-8-10-24(15-20)34-21(2)16-23(22(34)3)18-31-32-30(36)19-33(26-14-13-25(41-4)17-28(26)42-5)43(39,40)29-12-7-6-11-27(29)35(37)38/h6-18H,19H2,1-5H3,(H,32,36)/b31-18+. The molecule has 0 aliphatic heterocycles. The number of hydrazone groups is 1. The Kier molecular flexibility index (Phi) is 9.15. The summed E-state index contributed by atoms with van der Waals surface area (Å²) in [7, 11) is -1.89. The summed E-state index contributed by atoms with van der Waals surface area (Å²) in [4.78, 5) is 23.4. The smallest absolute Gasteiger partial charge is 0.289 e. The highest BCUT2D eigenvalue weighted by Gasteiger charge is 2.34. The van der Waals surface area contributed by atoms with E-state index in [2.05, 4.69) is 21.2 Å². The Morgan fingerprint density at radius 1 is 1.02 bits per heavy atom. The van der Waals surface area contributed by atoms with Crippen LogP contribution < -0.4 is 19.2 Å². The van der Waals surface area contributed by atoms with Crippen molar-refractivity contribution in [2.75, 3.05) is 25.1 Å². The van der Waals surface area contributed by atoms with Gasteiger partial charge in [-0.25, -0.2) is 13.8 Å². The lowest BCUT2D eigenvalue weighted by atomic mass is 10.2. The van der Waals surface area contributed by atoms with E-state index in [9.17, 15) is 23.3 Å². The summed E-state index contributed by atoms with van der Waals surface area (Å²) in [6.45, 7) is 5.14. The highest BCUT2D eigenvalue weighted by Crippen LogP contribution is 2.37. The van der Waals surface area contributed by atoms with Crippen molar-refractivity contribution in [3.63, 3.8) is 0 Å². The maximum atomic E-state index is 13.9. The van der Waals surface area contributed by atoms with Gasteiger partial charge in [-0.05, 0) is 62.7 Å². The third kappa shape index (κ3) is 6.51. The second kappa shape index (κ2) is 12.8. The molecule has 0 unspecified atom stereocenters.